The van der Waals surface area contributed by atoms with Gasteiger partial charge in [-0.15, -0.1) is 0 Å². The Kier molecular flexibility index (Phi) is 7.92. The van der Waals surface area contributed by atoms with Gasteiger partial charge in [-0.25, -0.2) is 4.98 Å². The first kappa shape index (κ1) is 27.1. The number of fused-ring (bicyclic) bond motifs is 1. The second-order valence-electron chi connectivity index (χ2n) is 10.5. The summed E-state index contributed by atoms with van der Waals surface area (Å²) in [6, 6.07) is 27.4. The van der Waals surface area contributed by atoms with E-state index in [0.29, 0.717) is 30.1 Å². The van der Waals surface area contributed by atoms with Crippen molar-refractivity contribution in [3.05, 3.63) is 113 Å². The molecule has 7 nitrogen and oxygen atoms in total. The Hall–Kier alpha value is -4.51. The van der Waals surface area contributed by atoms with E-state index < -0.39 is 5.54 Å². The smallest absolute Gasteiger partial charge is 0.258 e. The summed E-state index contributed by atoms with van der Waals surface area (Å²) in [5.74, 6) is 0.486. The van der Waals surface area contributed by atoms with E-state index in [1.165, 1.54) is 5.56 Å². The average molecular weight is 533 g/mol. The third-order valence-electron chi connectivity index (χ3n) is 7.16. The number of rotatable bonds is 9. The van der Waals surface area contributed by atoms with Crippen molar-refractivity contribution >= 4 is 11.6 Å². The van der Waals surface area contributed by atoms with Crippen molar-refractivity contribution < 1.29 is 14.6 Å². The molecule has 0 saturated carbocycles. The number of aliphatic hydroxyl groups excluding tert-OH is 1. The molecule has 0 fully saturated rings. The highest BCUT2D eigenvalue weighted by molar-refractivity contribution is 6.08. The predicted molar refractivity (Wildman–Crippen MR) is 155 cm³/mol. The summed E-state index contributed by atoms with van der Waals surface area (Å²) in [5.41, 5.74) is 6.45. The van der Waals surface area contributed by atoms with E-state index in [9.17, 15) is 15.2 Å². The lowest BCUT2D eigenvalue weighted by atomic mass is 9.98. The van der Waals surface area contributed by atoms with E-state index in [4.69, 9.17) is 4.74 Å². The number of carbonyl (C=O) groups is 1. The molecule has 1 aromatic heterocycles. The lowest BCUT2D eigenvalue weighted by Crippen LogP contribution is -2.42. The van der Waals surface area contributed by atoms with Crippen LogP contribution in [0, 0.1) is 11.3 Å². The van der Waals surface area contributed by atoms with Crippen molar-refractivity contribution in [3.8, 4) is 22.9 Å². The molecule has 40 heavy (non-hydrogen) atoms. The molecular weight excluding hydrogens is 500 g/mol. The fourth-order valence-electron chi connectivity index (χ4n) is 4.83. The number of pyridine rings is 1. The van der Waals surface area contributed by atoms with Crippen LogP contribution in [0.25, 0.3) is 11.1 Å². The summed E-state index contributed by atoms with van der Waals surface area (Å²) in [6.07, 6.45) is 2.37. The zero-order valence-corrected chi connectivity index (χ0v) is 22.7. The number of nitrogens with one attached hydrogen (secondary N) is 1. The van der Waals surface area contributed by atoms with Gasteiger partial charge in [0.1, 0.15) is 24.1 Å². The molecule has 4 aromatic rings. The Labute approximate surface area is 234 Å². The molecule has 0 bridgehead atoms. The maximum atomic E-state index is 13.8. The monoisotopic (exact) mass is 532 g/mol. The second-order valence-corrected chi connectivity index (χ2v) is 10.5. The van der Waals surface area contributed by atoms with Crippen molar-refractivity contribution in [2.24, 2.45) is 0 Å². The standard InChI is InChI=1S/C33H32N4O3/c1-33(2,22-38)36-20-26-12-11-25(18-31(26)40-21-23-13-15-35-27(17-23)19-34)32(39)37-16-14-29-28(9-6-10-30(29)37)24-7-4-3-5-8-24/h3-13,15,17-18,36,38H,14,16,20-22H2,1-2H3. The molecule has 2 heterocycles. The molecule has 0 unspecified atom stereocenters. The van der Waals surface area contributed by atoms with Gasteiger partial charge in [-0.2, -0.15) is 5.26 Å². The summed E-state index contributed by atoms with van der Waals surface area (Å²) in [4.78, 5) is 19.7. The molecule has 5 rings (SSSR count). The molecule has 1 aliphatic heterocycles. The van der Waals surface area contributed by atoms with Crippen molar-refractivity contribution in [1.29, 1.82) is 5.26 Å². The molecule has 2 N–H and O–H groups in total. The number of carbonyl (C=O) groups excluding carboxylic acids is 1. The number of amides is 1. The third-order valence-corrected chi connectivity index (χ3v) is 7.16. The molecule has 202 valence electrons. The Balaban J connectivity index is 1.43. The Morgan fingerprint density at radius 1 is 1.10 bits per heavy atom. The van der Waals surface area contributed by atoms with Crippen molar-refractivity contribution in [2.75, 3.05) is 18.1 Å². The van der Waals surface area contributed by atoms with Gasteiger partial charge in [0, 0.05) is 41.6 Å². The Morgan fingerprint density at radius 2 is 1.93 bits per heavy atom. The molecule has 0 saturated heterocycles. The Bertz CT molecular complexity index is 1560. The minimum absolute atomic E-state index is 0.0208. The van der Waals surface area contributed by atoms with Crippen molar-refractivity contribution in [1.82, 2.24) is 10.3 Å². The van der Waals surface area contributed by atoms with Crippen LogP contribution < -0.4 is 15.0 Å². The van der Waals surface area contributed by atoms with Crippen LogP contribution in [0.3, 0.4) is 0 Å². The fourth-order valence-corrected chi connectivity index (χ4v) is 4.83. The summed E-state index contributed by atoms with van der Waals surface area (Å²) >= 11 is 0. The highest BCUT2D eigenvalue weighted by Gasteiger charge is 2.28. The molecular formula is C33H32N4O3. The van der Waals surface area contributed by atoms with Gasteiger partial charge in [0.05, 0.1) is 6.61 Å². The molecule has 1 aliphatic rings. The number of hydrogen-bond donors (Lipinski definition) is 2. The van der Waals surface area contributed by atoms with Gasteiger partial charge in [0.25, 0.3) is 5.91 Å². The number of hydrogen-bond acceptors (Lipinski definition) is 6. The van der Waals surface area contributed by atoms with Crippen LogP contribution >= 0.6 is 0 Å². The normalized spacial score (nSPS) is 12.6. The largest absolute Gasteiger partial charge is 0.489 e. The van der Waals surface area contributed by atoms with Crippen molar-refractivity contribution in [2.45, 2.75) is 39.0 Å². The quantitative estimate of drug-likeness (QED) is 0.305. The highest BCUT2D eigenvalue weighted by atomic mass is 16.5. The van der Waals surface area contributed by atoms with Gasteiger partial charge >= 0.3 is 0 Å². The molecule has 0 aliphatic carbocycles. The summed E-state index contributed by atoms with van der Waals surface area (Å²) in [7, 11) is 0. The number of benzene rings is 3. The van der Waals surface area contributed by atoms with Crippen LogP contribution in [0.4, 0.5) is 5.69 Å². The minimum Gasteiger partial charge on any atom is -0.489 e. The van der Waals surface area contributed by atoms with Gasteiger partial charge < -0.3 is 20.1 Å². The number of nitrogens with zero attached hydrogens (tertiary/aromatic N) is 3. The molecule has 7 heteroatoms. The summed E-state index contributed by atoms with van der Waals surface area (Å²) < 4.78 is 6.21. The second kappa shape index (κ2) is 11.7. The first-order chi connectivity index (χ1) is 19.4. The van der Waals surface area contributed by atoms with Crippen LogP contribution in [-0.2, 0) is 19.6 Å². The summed E-state index contributed by atoms with van der Waals surface area (Å²) in [6.45, 7) is 5.09. The van der Waals surface area contributed by atoms with Gasteiger partial charge in [0.2, 0.25) is 0 Å². The SMILES string of the molecule is CC(C)(CO)NCc1ccc(C(=O)N2CCc3c(-c4ccccc4)cccc32)cc1OCc1ccnc(C#N)c1. The molecule has 0 spiro atoms. The minimum atomic E-state index is -0.478. The van der Waals surface area contributed by atoms with Crippen LogP contribution in [0.15, 0.2) is 85.1 Å². The van der Waals surface area contributed by atoms with E-state index >= 15 is 0 Å². The average Bonchev–Trinajstić information content (AvgIpc) is 3.44. The van der Waals surface area contributed by atoms with Crippen molar-refractivity contribution in [3.63, 3.8) is 0 Å². The summed E-state index contributed by atoms with van der Waals surface area (Å²) in [5, 5.41) is 22.2. The zero-order valence-electron chi connectivity index (χ0n) is 22.7. The molecule has 3 aromatic carbocycles. The van der Waals surface area contributed by atoms with Crippen LogP contribution in [0.5, 0.6) is 5.75 Å². The predicted octanol–water partition coefficient (Wildman–Crippen LogP) is 5.26. The van der Waals surface area contributed by atoms with E-state index in [2.05, 4.69) is 28.5 Å². The number of anilines is 1. The molecule has 0 atom stereocenters. The first-order valence-electron chi connectivity index (χ1n) is 13.3. The molecule has 1 amide bonds. The van der Waals surface area contributed by atoms with Gasteiger partial charge in [-0.3, -0.25) is 4.79 Å². The maximum absolute atomic E-state index is 13.8. The lowest BCUT2D eigenvalue weighted by Gasteiger charge is -2.25. The third kappa shape index (κ3) is 5.89. The first-order valence-corrected chi connectivity index (χ1v) is 13.3. The maximum Gasteiger partial charge on any atom is 0.258 e. The van der Waals surface area contributed by atoms with E-state index in [1.54, 1.807) is 24.4 Å². The van der Waals surface area contributed by atoms with Crippen LogP contribution in [0.1, 0.15) is 46.6 Å². The number of nitriles is 1. The lowest BCUT2D eigenvalue weighted by molar-refractivity contribution is 0.0989. The van der Waals surface area contributed by atoms with Gasteiger partial charge in [-0.1, -0.05) is 48.5 Å². The number of ether oxygens (including phenoxy) is 1. The van der Waals surface area contributed by atoms with E-state index in [-0.39, 0.29) is 19.1 Å². The zero-order chi connectivity index (χ0) is 28.1. The van der Waals surface area contributed by atoms with E-state index in [0.717, 1.165) is 34.4 Å². The Morgan fingerprint density at radius 3 is 2.70 bits per heavy atom. The van der Waals surface area contributed by atoms with Gasteiger partial charge in [-0.05, 0) is 72.9 Å². The van der Waals surface area contributed by atoms with Crippen LogP contribution in [0.2, 0.25) is 0 Å². The fraction of sp³-hybridized carbons (Fsp3) is 0.242. The van der Waals surface area contributed by atoms with Crippen LogP contribution in [-0.4, -0.2) is 34.7 Å². The molecule has 0 radical (unpaired) electrons. The highest BCUT2D eigenvalue weighted by Crippen LogP contribution is 2.37. The van der Waals surface area contributed by atoms with E-state index in [1.807, 2.05) is 67.3 Å². The number of aliphatic hydroxyl groups is 1. The van der Waals surface area contributed by atoms with Gasteiger partial charge in [0.15, 0.2) is 0 Å². The topological polar surface area (TPSA) is 98.5 Å². The number of aromatic nitrogens is 1.